The second kappa shape index (κ2) is 6.89. The van der Waals surface area contributed by atoms with Crippen LogP contribution in [-0.2, 0) is 11.2 Å². The van der Waals surface area contributed by atoms with Crippen LogP contribution < -0.4 is 0 Å². The lowest BCUT2D eigenvalue weighted by Gasteiger charge is -2.31. The summed E-state index contributed by atoms with van der Waals surface area (Å²) in [7, 11) is 0. The van der Waals surface area contributed by atoms with Crippen molar-refractivity contribution in [1.29, 1.82) is 0 Å². The first kappa shape index (κ1) is 15.6. The molecule has 1 amide bonds. The number of rotatable bonds is 4. The molecule has 3 heterocycles. The van der Waals surface area contributed by atoms with Gasteiger partial charge < -0.3 is 9.42 Å². The molecule has 1 aliphatic rings. The highest BCUT2D eigenvalue weighted by Crippen LogP contribution is 2.26. The molecule has 1 saturated heterocycles. The molecule has 2 aromatic rings. The first-order chi connectivity index (χ1) is 11.1. The minimum atomic E-state index is 0.211. The third-order valence-electron chi connectivity index (χ3n) is 4.62. The summed E-state index contributed by atoms with van der Waals surface area (Å²) in [6.45, 7) is 5.40. The molecule has 2 aromatic heterocycles. The van der Waals surface area contributed by atoms with Gasteiger partial charge in [0.1, 0.15) is 5.76 Å². The van der Waals surface area contributed by atoms with Crippen LogP contribution in [0.25, 0.3) is 0 Å². The lowest BCUT2D eigenvalue weighted by Crippen LogP contribution is -2.38. The fourth-order valence-corrected chi connectivity index (χ4v) is 3.19. The standard InChI is InChI=1S/C17H22N4O2/c1-12-15(13(2)23-20-12)3-4-17(22)21-9-5-14(6-10-21)16-11-18-7-8-19-16/h7-8,11,14H,3-6,9-10H2,1-2H3. The highest BCUT2D eigenvalue weighted by atomic mass is 16.5. The zero-order valence-corrected chi connectivity index (χ0v) is 13.7. The summed E-state index contributed by atoms with van der Waals surface area (Å²) in [4.78, 5) is 22.9. The van der Waals surface area contributed by atoms with Gasteiger partial charge in [0.15, 0.2) is 0 Å². The van der Waals surface area contributed by atoms with E-state index in [2.05, 4.69) is 15.1 Å². The van der Waals surface area contributed by atoms with Crippen LogP contribution in [0.4, 0.5) is 0 Å². The molecule has 6 nitrogen and oxygen atoms in total. The maximum Gasteiger partial charge on any atom is 0.222 e. The maximum absolute atomic E-state index is 12.4. The molecule has 0 spiro atoms. The normalized spacial score (nSPS) is 15.8. The van der Waals surface area contributed by atoms with Crippen LogP contribution in [-0.4, -0.2) is 39.0 Å². The Bertz CT molecular complexity index is 641. The Morgan fingerprint density at radius 3 is 2.70 bits per heavy atom. The minimum absolute atomic E-state index is 0.211. The number of likely N-dealkylation sites (tertiary alicyclic amines) is 1. The predicted octanol–water partition coefficient (Wildman–Crippen LogP) is 2.42. The summed E-state index contributed by atoms with van der Waals surface area (Å²) in [5.41, 5.74) is 2.99. The van der Waals surface area contributed by atoms with Crippen LogP contribution >= 0.6 is 0 Å². The molecule has 0 aromatic carbocycles. The summed E-state index contributed by atoms with van der Waals surface area (Å²) in [5, 5.41) is 3.94. The SMILES string of the molecule is Cc1noc(C)c1CCC(=O)N1CCC(c2cnccn2)CC1. The van der Waals surface area contributed by atoms with Crippen LogP contribution in [0.15, 0.2) is 23.1 Å². The molecule has 122 valence electrons. The molecule has 0 aliphatic carbocycles. The molecule has 0 unspecified atom stereocenters. The lowest BCUT2D eigenvalue weighted by atomic mass is 9.93. The van der Waals surface area contributed by atoms with Gasteiger partial charge in [0.05, 0.1) is 11.4 Å². The number of amides is 1. The number of hydrogen-bond acceptors (Lipinski definition) is 5. The maximum atomic E-state index is 12.4. The van der Waals surface area contributed by atoms with Gasteiger partial charge in [-0.15, -0.1) is 0 Å². The highest BCUT2D eigenvalue weighted by Gasteiger charge is 2.24. The third kappa shape index (κ3) is 3.57. The van der Waals surface area contributed by atoms with Gasteiger partial charge in [0.25, 0.3) is 0 Å². The fourth-order valence-electron chi connectivity index (χ4n) is 3.19. The fraction of sp³-hybridized carbons (Fsp3) is 0.529. The topological polar surface area (TPSA) is 72.1 Å². The van der Waals surface area contributed by atoms with E-state index in [4.69, 9.17) is 4.52 Å². The lowest BCUT2D eigenvalue weighted by molar-refractivity contribution is -0.132. The monoisotopic (exact) mass is 314 g/mol. The minimum Gasteiger partial charge on any atom is -0.361 e. The van der Waals surface area contributed by atoms with E-state index < -0.39 is 0 Å². The van der Waals surface area contributed by atoms with Gasteiger partial charge in [-0.2, -0.15) is 0 Å². The number of aromatic nitrogens is 3. The first-order valence-electron chi connectivity index (χ1n) is 8.10. The zero-order valence-electron chi connectivity index (χ0n) is 13.7. The second-order valence-electron chi connectivity index (χ2n) is 6.09. The number of hydrogen-bond donors (Lipinski definition) is 0. The van der Waals surface area contributed by atoms with Gasteiger partial charge in [-0.1, -0.05) is 5.16 Å². The van der Waals surface area contributed by atoms with E-state index in [1.807, 2.05) is 24.9 Å². The molecular weight excluding hydrogens is 292 g/mol. The molecule has 0 saturated carbocycles. The van der Waals surface area contributed by atoms with Gasteiger partial charge in [-0.3, -0.25) is 14.8 Å². The van der Waals surface area contributed by atoms with E-state index in [-0.39, 0.29) is 5.91 Å². The molecule has 0 bridgehead atoms. The smallest absolute Gasteiger partial charge is 0.222 e. The Morgan fingerprint density at radius 2 is 2.09 bits per heavy atom. The number of nitrogens with zero attached hydrogens (tertiary/aromatic N) is 4. The van der Waals surface area contributed by atoms with E-state index in [1.165, 1.54) is 0 Å². The largest absolute Gasteiger partial charge is 0.361 e. The van der Waals surface area contributed by atoms with Crippen molar-refractivity contribution in [3.05, 3.63) is 41.3 Å². The van der Waals surface area contributed by atoms with Crippen molar-refractivity contribution in [1.82, 2.24) is 20.0 Å². The molecule has 1 fully saturated rings. The number of aryl methyl sites for hydroxylation is 2. The summed E-state index contributed by atoms with van der Waals surface area (Å²) < 4.78 is 5.15. The van der Waals surface area contributed by atoms with Crippen molar-refractivity contribution in [2.24, 2.45) is 0 Å². The van der Waals surface area contributed by atoms with Crippen LogP contribution in [0.3, 0.4) is 0 Å². The van der Waals surface area contributed by atoms with E-state index in [0.717, 1.165) is 48.6 Å². The number of carbonyl (C=O) groups excluding carboxylic acids is 1. The highest BCUT2D eigenvalue weighted by molar-refractivity contribution is 5.76. The molecule has 3 rings (SSSR count). The Kier molecular flexibility index (Phi) is 4.69. The van der Waals surface area contributed by atoms with E-state index in [1.54, 1.807) is 12.4 Å². The molecule has 0 atom stereocenters. The van der Waals surface area contributed by atoms with Crippen molar-refractivity contribution in [2.45, 2.75) is 45.4 Å². The van der Waals surface area contributed by atoms with Gasteiger partial charge in [0, 0.05) is 49.6 Å². The van der Waals surface area contributed by atoms with Gasteiger partial charge >= 0.3 is 0 Å². The zero-order chi connectivity index (χ0) is 16.2. The molecule has 1 aliphatic heterocycles. The quantitative estimate of drug-likeness (QED) is 0.866. The molecular formula is C17H22N4O2. The number of piperidine rings is 1. The Morgan fingerprint density at radius 1 is 1.30 bits per heavy atom. The molecule has 0 N–H and O–H groups in total. The Hall–Kier alpha value is -2.24. The second-order valence-corrected chi connectivity index (χ2v) is 6.09. The number of carbonyl (C=O) groups is 1. The Labute approximate surface area is 135 Å². The Balaban J connectivity index is 1.50. The van der Waals surface area contributed by atoms with Crippen molar-refractivity contribution in [3.8, 4) is 0 Å². The van der Waals surface area contributed by atoms with Crippen molar-refractivity contribution < 1.29 is 9.32 Å². The van der Waals surface area contributed by atoms with Gasteiger partial charge in [0.2, 0.25) is 5.91 Å². The molecule has 0 radical (unpaired) electrons. The molecule has 6 heteroatoms. The van der Waals surface area contributed by atoms with Crippen molar-refractivity contribution in [2.75, 3.05) is 13.1 Å². The predicted molar refractivity (Wildman–Crippen MR) is 84.9 cm³/mol. The van der Waals surface area contributed by atoms with Crippen LogP contribution in [0.2, 0.25) is 0 Å². The average molecular weight is 314 g/mol. The van der Waals surface area contributed by atoms with Gasteiger partial charge in [-0.25, -0.2) is 0 Å². The van der Waals surface area contributed by atoms with Crippen LogP contribution in [0.5, 0.6) is 0 Å². The molecule has 23 heavy (non-hydrogen) atoms. The third-order valence-corrected chi connectivity index (χ3v) is 4.62. The summed E-state index contributed by atoms with van der Waals surface area (Å²) >= 11 is 0. The summed E-state index contributed by atoms with van der Waals surface area (Å²) in [6, 6.07) is 0. The summed E-state index contributed by atoms with van der Waals surface area (Å²) in [5.74, 6) is 1.44. The van der Waals surface area contributed by atoms with Crippen molar-refractivity contribution in [3.63, 3.8) is 0 Å². The van der Waals surface area contributed by atoms with E-state index in [0.29, 0.717) is 18.8 Å². The van der Waals surface area contributed by atoms with E-state index >= 15 is 0 Å². The average Bonchev–Trinajstić information content (AvgIpc) is 2.92. The van der Waals surface area contributed by atoms with Crippen molar-refractivity contribution >= 4 is 5.91 Å². The first-order valence-corrected chi connectivity index (χ1v) is 8.10. The van der Waals surface area contributed by atoms with Gasteiger partial charge in [-0.05, 0) is 33.1 Å². The summed E-state index contributed by atoms with van der Waals surface area (Å²) in [6.07, 6.45) is 8.38. The van der Waals surface area contributed by atoms with Crippen LogP contribution in [0, 0.1) is 13.8 Å². The van der Waals surface area contributed by atoms with E-state index in [9.17, 15) is 4.79 Å². The van der Waals surface area contributed by atoms with Crippen LogP contribution in [0.1, 0.15) is 47.9 Å².